The number of methoxy groups -OCH3 is 3. The Morgan fingerprint density at radius 3 is 2.05 bits per heavy atom. The summed E-state index contributed by atoms with van der Waals surface area (Å²) in [5.74, 6) is 0.967. The largest absolute Gasteiger partial charge is 0.493 e. The molecule has 0 spiro atoms. The number of carbonyl (C=O) groups excluding carboxylic acids is 1. The fraction of sp³-hybridized carbons (Fsp3) is 0.188. The molecule has 116 valence electrons. The van der Waals surface area contributed by atoms with Crippen LogP contribution in [0.5, 0.6) is 17.2 Å². The third-order valence-electron chi connectivity index (χ3n) is 3.19. The van der Waals surface area contributed by atoms with E-state index in [0.717, 1.165) is 0 Å². The maximum Gasteiger partial charge on any atom is 0.203 e. The zero-order valence-corrected chi connectivity index (χ0v) is 13.2. The van der Waals surface area contributed by atoms with E-state index >= 15 is 0 Å². The topological polar surface area (TPSA) is 70.8 Å². The first kappa shape index (κ1) is 16.0. The van der Waals surface area contributed by atoms with Gasteiger partial charge in [0.2, 0.25) is 5.75 Å². The van der Waals surface area contributed by atoms with Gasteiger partial charge in [-0.1, -0.05) is 11.6 Å². The molecule has 0 heterocycles. The summed E-state index contributed by atoms with van der Waals surface area (Å²) in [4.78, 5) is 12.6. The molecule has 0 aromatic heterocycles. The second-order valence-electron chi connectivity index (χ2n) is 4.47. The van der Waals surface area contributed by atoms with Crippen LogP contribution in [0.2, 0.25) is 5.02 Å². The van der Waals surface area contributed by atoms with E-state index in [2.05, 4.69) is 0 Å². The normalized spacial score (nSPS) is 10.2. The van der Waals surface area contributed by atoms with Crippen LogP contribution in [-0.2, 0) is 0 Å². The maximum atomic E-state index is 12.6. The number of halogens is 1. The van der Waals surface area contributed by atoms with Crippen LogP contribution in [0.4, 0.5) is 5.69 Å². The highest BCUT2D eigenvalue weighted by Gasteiger charge is 2.19. The van der Waals surface area contributed by atoms with Gasteiger partial charge >= 0.3 is 0 Å². The lowest BCUT2D eigenvalue weighted by Gasteiger charge is -2.14. The Balaban J connectivity index is 2.54. The van der Waals surface area contributed by atoms with E-state index in [4.69, 9.17) is 31.5 Å². The third-order valence-corrected chi connectivity index (χ3v) is 3.42. The number of benzene rings is 2. The van der Waals surface area contributed by atoms with Gasteiger partial charge in [0.25, 0.3) is 0 Å². The number of hydrogen-bond donors (Lipinski definition) is 1. The average Bonchev–Trinajstić information content (AvgIpc) is 2.52. The second kappa shape index (κ2) is 6.58. The number of rotatable bonds is 5. The van der Waals surface area contributed by atoms with Crippen molar-refractivity contribution >= 4 is 23.1 Å². The van der Waals surface area contributed by atoms with Gasteiger partial charge in [-0.05, 0) is 30.3 Å². The summed E-state index contributed by atoms with van der Waals surface area (Å²) in [5.41, 5.74) is 6.91. The number of nitrogen functional groups attached to an aromatic ring is 1. The van der Waals surface area contributed by atoms with E-state index in [1.165, 1.54) is 27.4 Å². The quantitative estimate of drug-likeness (QED) is 0.676. The maximum absolute atomic E-state index is 12.6. The standard InChI is InChI=1S/C16H16ClNO4/c1-20-13-6-9(7-14(21-2)16(13)22-3)15(19)11-5-4-10(17)8-12(11)18/h4-8H,18H2,1-3H3. The first-order chi connectivity index (χ1) is 10.5. The summed E-state index contributed by atoms with van der Waals surface area (Å²) in [6.07, 6.45) is 0. The van der Waals surface area contributed by atoms with Gasteiger partial charge in [0.05, 0.1) is 21.3 Å². The van der Waals surface area contributed by atoms with Gasteiger partial charge in [0.1, 0.15) is 0 Å². The van der Waals surface area contributed by atoms with Crippen LogP contribution in [0.25, 0.3) is 0 Å². The van der Waals surface area contributed by atoms with Gasteiger partial charge in [0.15, 0.2) is 17.3 Å². The van der Waals surface area contributed by atoms with E-state index < -0.39 is 0 Å². The highest BCUT2D eigenvalue weighted by atomic mass is 35.5. The zero-order valence-electron chi connectivity index (χ0n) is 12.5. The minimum atomic E-state index is -0.256. The molecule has 2 aromatic rings. The Kier molecular flexibility index (Phi) is 4.78. The molecule has 0 fully saturated rings. The van der Waals surface area contributed by atoms with Crippen molar-refractivity contribution in [1.29, 1.82) is 0 Å². The molecule has 0 aliphatic rings. The van der Waals surface area contributed by atoms with Crippen LogP contribution in [0, 0.1) is 0 Å². The van der Waals surface area contributed by atoms with Crippen LogP contribution < -0.4 is 19.9 Å². The molecule has 0 saturated heterocycles. The highest BCUT2D eigenvalue weighted by Crippen LogP contribution is 2.39. The van der Waals surface area contributed by atoms with Crippen molar-refractivity contribution in [2.24, 2.45) is 0 Å². The molecule has 0 bridgehead atoms. The van der Waals surface area contributed by atoms with E-state index in [1.54, 1.807) is 24.3 Å². The van der Waals surface area contributed by atoms with Gasteiger partial charge in [-0.15, -0.1) is 0 Å². The van der Waals surface area contributed by atoms with Crippen molar-refractivity contribution < 1.29 is 19.0 Å². The molecule has 0 saturated carbocycles. The fourth-order valence-electron chi connectivity index (χ4n) is 2.11. The molecule has 0 aliphatic carbocycles. The summed E-state index contributed by atoms with van der Waals surface area (Å²) < 4.78 is 15.7. The molecule has 2 aromatic carbocycles. The van der Waals surface area contributed by atoms with Crippen molar-refractivity contribution in [3.63, 3.8) is 0 Å². The third kappa shape index (κ3) is 2.94. The van der Waals surface area contributed by atoms with Crippen LogP contribution in [-0.4, -0.2) is 27.1 Å². The van der Waals surface area contributed by atoms with E-state index in [1.807, 2.05) is 0 Å². The number of nitrogens with two attached hydrogens (primary N) is 1. The van der Waals surface area contributed by atoms with Crippen molar-refractivity contribution in [3.05, 3.63) is 46.5 Å². The van der Waals surface area contributed by atoms with Crippen LogP contribution in [0.3, 0.4) is 0 Å². The molecular weight excluding hydrogens is 306 g/mol. The molecule has 22 heavy (non-hydrogen) atoms. The van der Waals surface area contributed by atoms with Crippen LogP contribution >= 0.6 is 11.6 Å². The lowest BCUT2D eigenvalue weighted by atomic mass is 10.0. The van der Waals surface area contributed by atoms with Gasteiger partial charge in [-0.3, -0.25) is 4.79 Å². The lowest BCUT2D eigenvalue weighted by molar-refractivity contribution is 0.103. The molecule has 6 heteroatoms. The number of anilines is 1. The molecule has 5 nitrogen and oxygen atoms in total. The number of ether oxygens (including phenoxy) is 3. The Morgan fingerprint density at radius 2 is 1.59 bits per heavy atom. The monoisotopic (exact) mass is 321 g/mol. The summed E-state index contributed by atoms with van der Waals surface area (Å²) in [6.45, 7) is 0. The molecule has 0 amide bonds. The molecule has 0 unspecified atom stereocenters. The van der Waals surface area contributed by atoms with E-state index in [-0.39, 0.29) is 5.78 Å². The molecule has 2 N–H and O–H groups in total. The summed E-state index contributed by atoms with van der Waals surface area (Å²) >= 11 is 5.85. The predicted molar refractivity (Wildman–Crippen MR) is 85.4 cm³/mol. The molecule has 0 radical (unpaired) electrons. The van der Waals surface area contributed by atoms with Gasteiger partial charge in [-0.2, -0.15) is 0 Å². The van der Waals surface area contributed by atoms with Crippen molar-refractivity contribution in [2.75, 3.05) is 27.1 Å². The van der Waals surface area contributed by atoms with Crippen molar-refractivity contribution in [2.45, 2.75) is 0 Å². The molecular formula is C16H16ClNO4. The summed E-state index contributed by atoms with van der Waals surface area (Å²) in [7, 11) is 4.48. The van der Waals surface area contributed by atoms with Crippen LogP contribution in [0.15, 0.2) is 30.3 Å². The Bertz CT molecular complexity index is 690. The molecule has 2 rings (SSSR count). The predicted octanol–water partition coefficient (Wildman–Crippen LogP) is 3.18. The lowest BCUT2D eigenvalue weighted by Crippen LogP contribution is -2.07. The van der Waals surface area contributed by atoms with Gasteiger partial charge in [-0.25, -0.2) is 0 Å². The minimum Gasteiger partial charge on any atom is -0.493 e. The SMILES string of the molecule is COc1cc(C(=O)c2ccc(Cl)cc2N)cc(OC)c1OC. The molecule has 0 aliphatic heterocycles. The molecule has 0 atom stereocenters. The first-order valence-corrected chi connectivity index (χ1v) is 6.79. The van der Waals surface area contributed by atoms with Crippen molar-refractivity contribution in [1.82, 2.24) is 0 Å². The fourth-order valence-corrected chi connectivity index (χ4v) is 2.29. The summed E-state index contributed by atoms with van der Waals surface area (Å²) in [5, 5.41) is 0.471. The summed E-state index contributed by atoms with van der Waals surface area (Å²) in [6, 6.07) is 7.90. The average molecular weight is 322 g/mol. The van der Waals surface area contributed by atoms with Gasteiger partial charge < -0.3 is 19.9 Å². The minimum absolute atomic E-state index is 0.256. The Morgan fingerprint density at radius 1 is 1.00 bits per heavy atom. The highest BCUT2D eigenvalue weighted by molar-refractivity contribution is 6.31. The van der Waals surface area contributed by atoms with Gasteiger partial charge in [0, 0.05) is 21.8 Å². The zero-order chi connectivity index (χ0) is 16.3. The number of ketones is 1. The number of hydrogen-bond acceptors (Lipinski definition) is 5. The smallest absolute Gasteiger partial charge is 0.203 e. The second-order valence-corrected chi connectivity index (χ2v) is 4.91. The van der Waals surface area contributed by atoms with E-state index in [0.29, 0.717) is 39.1 Å². The first-order valence-electron chi connectivity index (χ1n) is 6.41. The Labute approximate surface area is 133 Å². The van der Waals surface area contributed by atoms with E-state index in [9.17, 15) is 4.79 Å². The van der Waals surface area contributed by atoms with Crippen molar-refractivity contribution in [3.8, 4) is 17.2 Å². The number of carbonyl (C=O) groups is 1. The van der Waals surface area contributed by atoms with Crippen LogP contribution in [0.1, 0.15) is 15.9 Å². The Hall–Kier alpha value is -2.40.